The van der Waals surface area contributed by atoms with Crippen molar-refractivity contribution < 1.29 is 9.90 Å². The maximum absolute atomic E-state index is 11.7. The number of carbonyl (C=O) groups excluding carboxylic acids is 1. The molecule has 96 valence electrons. The van der Waals surface area contributed by atoms with Gasteiger partial charge < -0.3 is 10.4 Å². The van der Waals surface area contributed by atoms with Crippen molar-refractivity contribution >= 4 is 33.6 Å². The lowest BCUT2D eigenvalue weighted by atomic mass is 10.2. The van der Waals surface area contributed by atoms with Crippen LogP contribution in [0.25, 0.3) is 6.08 Å². The van der Waals surface area contributed by atoms with Crippen LogP contribution in [0.4, 0.5) is 5.69 Å². The highest BCUT2D eigenvalue weighted by atomic mass is 79.9. The maximum atomic E-state index is 11.7. The molecule has 1 heterocycles. The van der Waals surface area contributed by atoms with Gasteiger partial charge in [0.15, 0.2) is 0 Å². The molecule has 0 radical (unpaired) electrons. The zero-order valence-corrected chi connectivity index (χ0v) is 11.5. The summed E-state index contributed by atoms with van der Waals surface area (Å²) in [4.78, 5) is 15.7. The normalized spacial score (nSPS) is 10.6. The Labute approximate surface area is 118 Å². The van der Waals surface area contributed by atoms with Crippen molar-refractivity contribution in [1.82, 2.24) is 4.98 Å². The van der Waals surface area contributed by atoms with Crippen molar-refractivity contribution in [2.24, 2.45) is 0 Å². The number of phenols is 1. The molecule has 0 aliphatic heterocycles. The van der Waals surface area contributed by atoms with Crippen LogP contribution >= 0.6 is 15.9 Å². The quantitative estimate of drug-likeness (QED) is 0.519. The maximum Gasteiger partial charge on any atom is 0.248 e. The van der Waals surface area contributed by atoms with Gasteiger partial charge in [0.05, 0.1) is 0 Å². The lowest BCUT2D eigenvalue weighted by Crippen LogP contribution is -2.07. The molecule has 5 heteroatoms. The molecular formula is C14H11BrN2O2. The minimum absolute atomic E-state index is 0.162. The molecule has 4 nitrogen and oxygen atoms in total. The number of halogens is 1. The first kappa shape index (κ1) is 13.3. The molecule has 0 aliphatic rings. The summed E-state index contributed by atoms with van der Waals surface area (Å²) in [5.41, 5.74) is 1.51. The standard InChI is InChI=1S/C14H11BrN2O2/c15-13-9-10(7-8-16-13)1-6-14(19)17-11-2-4-12(18)5-3-11/h1-9,18H,(H,17,19)/b6-1+. The van der Waals surface area contributed by atoms with Crippen LogP contribution in [-0.2, 0) is 4.79 Å². The van der Waals surface area contributed by atoms with E-state index in [-0.39, 0.29) is 11.7 Å². The van der Waals surface area contributed by atoms with Crippen LogP contribution in [0.5, 0.6) is 5.75 Å². The molecule has 0 aliphatic carbocycles. The molecule has 2 rings (SSSR count). The first-order chi connectivity index (χ1) is 9.13. The number of amides is 1. The second-order valence-electron chi connectivity index (χ2n) is 3.78. The molecule has 19 heavy (non-hydrogen) atoms. The van der Waals surface area contributed by atoms with Crippen molar-refractivity contribution in [1.29, 1.82) is 0 Å². The number of phenolic OH excluding ortho intramolecular Hbond substituents is 1. The van der Waals surface area contributed by atoms with E-state index in [4.69, 9.17) is 5.11 Å². The number of carbonyl (C=O) groups is 1. The van der Waals surface area contributed by atoms with Crippen LogP contribution in [0.15, 0.2) is 53.3 Å². The average molecular weight is 319 g/mol. The van der Waals surface area contributed by atoms with E-state index in [0.29, 0.717) is 10.3 Å². The number of hydrogen-bond acceptors (Lipinski definition) is 3. The molecule has 0 atom stereocenters. The predicted octanol–water partition coefficient (Wildman–Crippen LogP) is 3.20. The predicted molar refractivity (Wildman–Crippen MR) is 77.7 cm³/mol. The number of nitrogens with zero attached hydrogens (tertiary/aromatic N) is 1. The van der Waals surface area contributed by atoms with Gasteiger partial charge in [-0.1, -0.05) is 0 Å². The second-order valence-corrected chi connectivity index (χ2v) is 4.59. The van der Waals surface area contributed by atoms with Gasteiger partial charge in [0.25, 0.3) is 0 Å². The van der Waals surface area contributed by atoms with Gasteiger partial charge in [0.2, 0.25) is 5.91 Å². The molecule has 0 bridgehead atoms. The lowest BCUT2D eigenvalue weighted by molar-refractivity contribution is -0.111. The Morgan fingerprint density at radius 1 is 1.26 bits per heavy atom. The lowest BCUT2D eigenvalue weighted by Gasteiger charge is -2.01. The van der Waals surface area contributed by atoms with Gasteiger partial charge in [0.1, 0.15) is 10.4 Å². The average Bonchev–Trinajstić information content (AvgIpc) is 2.39. The molecule has 0 spiro atoms. The number of hydrogen-bond donors (Lipinski definition) is 2. The van der Waals surface area contributed by atoms with Crippen molar-refractivity contribution in [2.45, 2.75) is 0 Å². The zero-order chi connectivity index (χ0) is 13.7. The fourth-order valence-electron chi connectivity index (χ4n) is 1.42. The SMILES string of the molecule is O=C(/C=C/c1ccnc(Br)c1)Nc1ccc(O)cc1. The zero-order valence-electron chi connectivity index (χ0n) is 9.88. The molecular weight excluding hydrogens is 308 g/mol. The summed E-state index contributed by atoms with van der Waals surface area (Å²) in [5, 5.41) is 11.8. The summed E-state index contributed by atoms with van der Waals surface area (Å²) in [6, 6.07) is 9.90. The highest BCUT2D eigenvalue weighted by Gasteiger charge is 1.98. The Bertz CT molecular complexity index is 609. The van der Waals surface area contributed by atoms with E-state index in [1.807, 2.05) is 6.07 Å². The Kier molecular flexibility index (Phi) is 4.30. The Hall–Kier alpha value is -2.14. The van der Waals surface area contributed by atoms with Crippen LogP contribution in [0.3, 0.4) is 0 Å². The molecule has 0 fully saturated rings. The Balaban J connectivity index is 1.99. The van der Waals surface area contributed by atoms with Crippen molar-refractivity contribution in [2.75, 3.05) is 5.32 Å². The summed E-state index contributed by atoms with van der Waals surface area (Å²) in [5.74, 6) is -0.0752. The van der Waals surface area contributed by atoms with Crippen LogP contribution in [-0.4, -0.2) is 16.0 Å². The molecule has 1 amide bonds. The van der Waals surface area contributed by atoms with Gasteiger partial charge >= 0.3 is 0 Å². The van der Waals surface area contributed by atoms with Crippen LogP contribution in [0, 0.1) is 0 Å². The molecule has 0 saturated heterocycles. The minimum Gasteiger partial charge on any atom is -0.508 e. The van der Waals surface area contributed by atoms with E-state index in [1.165, 1.54) is 18.2 Å². The van der Waals surface area contributed by atoms with Crippen LogP contribution in [0.2, 0.25) is 0 Å². The fraction of sp³-hybridized carbons (Fsp3) is 0. The molecule has 0 unspecified atom stereocenters. The molecule has 0 saturated carbocycles. The first-order valence-electron chi connectivity index (χ1n) is 5.53. The summed E-state index contributed by atoms with van der Waals surface area (Å²) < 4.78 is 0.716. The van der Waals surface area contributed by atoms with Crippen LogP contribution < -0.4 is 5.32 Å². The molecule has 2 N–H and O–H groups in total. The largest absolute Gasteiger partial charge is 0.508 e. The second kappa shape index (κ2) is 6.15. The number of nitrogens with one attached hydrogen (secondary N) is 1. The highest BCUT2D eigenvalue weighted by Crippen LogP contribution is 2.14. The van der Waals surface area contributed by atoms with Crippen LogP contribution in [0.1, 0.15) is 5.56 Å². The molecule has 1 aromatic heterocycles. The van der Waals surface area contributed by atoms with E-state index in [2.05, 4.69) is 26.2 Å². The smallest absolute Gasteiger partial charge is 0.248 e. The number of aromatic hydroxyl groups is 1. The van der Waals surface area contributed by atoms with Gasteiger partial charge in [-0.2, -0.15) is 0 Å². The number of pyridine rings is 1. The van der Waals surface area contributed by atoms with Crippen molar-refractivity contribution in [3.05, 3.63) is 58.8 Å². The fourth-order valence-corrected chi connectivity index (χ4v) is 1.80. The Morgan fingerprint density at radius 3 is 2.68 bits per heavy atom. The van der Waals surface area contributed by atoms with Gasteiger partial charge in [-0.3, -0.25) is 4.79 Å². The third-order valence-electron chi connectivity index (χ3n) is 2.31. The number of anilines is 1. The van der Waals surface area contributed by atoms with E-state index < -0.39 is 0 Å². The van der Waals surface area contributed by atoms with Crippen molar-refractivity contribution in [3.8, 4) is 5.75 Å². The van der Waals surface area contributed by atoms with Gasteiger partial charge in [-0.05, 0) is 64.0 Å². The summed E-state index contributed by atoms with van der Waals surface area (Å²) in [7, 11) is 0. The summed E-state index contributed by atoms with van der Waals surface area (Å²) in [6.07, 6.45) is 4.79. The van der Waals surface area contributed by atoms with Gasteiger partial charge in [0, 0.05) is 18.0 Å². The van der Waals surface area contributed by atoms with E-state index in [0.717, 1.165) is 5.56 Å². The Morgan fingerprint density at radius 2 is 2.00 bits per heavy atom. The van der Waals surface area contributed by atoms with E-state index in [1.54, 1.807) is 30.5 Å². The monoisotopic (exact) mass is 318 g/mol. The summed E-state index contributed by atoms with van der Waals surface area (Å²) >= 11 is 3.26. The highest BCUT2D eigenvalue weighted by molar-refractivity contribution is 9.10. The minimum atomic E-state index is -0.237. The third-order valence-corrected chi connectivity index (χ3v) is 2.75. The molecule has 1 aromatic carbocycles. The van der Waals surface area contributed by atoms with E-state index >= 15 is 0 Å². The first-order valence-corrected chi connectivity index (χ1v) is 6.32. The molecule has 2 aromatic rings. The van der Waals surface area contributed by atoms with Gasteiger partial charge in [-0.15, -0.1) is 0 Å². The number of rotatable bonds is 3. The van der Waals surface area contributed by atoms with Gasteiger partial charge in [-0.25, -0.2) is 4.98 Å². The summed E-state index contributed by atoms with van der Waals surface area (Å²) in [6.45, 7) is 0. The number of benzene rings is 1. The third kappa shape index (κ3) is 4.22. The number of aromatic nitrogens is 1. The van der Waals surface area contributed by atoms with Crippen molar-refractivity contribution in [3.63, 3.8) is 0 Å². The van der Waals surface area contributed by atoms with E-state index in [9.17, 15) is 4.79 Å². The topological polar surface area (TPSA) is 62.2 Å².